The zero-order valence-corrected chi connectivity index (χ0v) is 13.2. The van der Waals surface area contributed by atoms with Gasteiger partial charge in [0.05, 0.1) is 6.10 Å². The first kappa shape index (κ1) is 15.2. The summed E-state index contributed by atoms with van der Waals surface area (Å²) in [6.45, 7) is 11.0. The number of ether oxygens (including phenoxy) is 1. The highest BCUT2D eigenvalue weighted by molar-refractivity contribution is 5.50. The maximum atomic E-state index is 6.28. The third-order valence-electron chi connectivity index (χ3n) is 4.17. The van der Waals surface area contributed by atoms with Gasteiger partial charge in [-0.15, -0.1) is 0 Å². The second-order valence-electron chi connectivity index (χ2n) is 6.92. The largest absolute Gasteiger partial charge is 0.490 e. The number of nitrogen functional groups attached to an aromatic ring is 1. The summed E-state index contributed by atoms with van der Waals surface area (Å²) in [5, 5.41) is 3.40. The SMILES string of the molecule is CC(Oc1cc(N)ccc1C(C)(C)C)C1CCNCC1. The van der Waals surface area contributed by atoms with Crippen molar-refractivity contribution in [2.24, 2.45) is 5.92 Å². The second-order valence-corrected chi connectivity index (χ2v) is 6.92. The Hall–Kier alpha value is -1.22. The van der Waals surface area contributed by atoms with Gasteiger partial charge in [0, 0.05) is 11.8 Å². The van der Waals surface area contributed by atoms with Crippen molar-refractivity contribution in [2.75, 3.05) is 18.8 Å². The Kier molecular flexibility index (Phi) is 4.59. The molecule has 0 bridgehead atoms. The highest BCUT2D eigenvalue weighted by atomic mass is 16.5. The fourth-order valence-electron chi connectivity index (χ4n) is 2.87. The van der Waals surface area contributed by atoms with Crippen LogP contribution in [0.3, 0.4) is 0 Å². The number of benzene rings is 1. The van der Waals surface area contributed by atoms with E-state index >= 15 is 0 Å². The number of nitrogens with one attached hydrogen (secondary N) is 1. The van der Waals surface area contributed by atoms with Crippen LogP contribution in [0.5, 0.6) is 5.75 Å². The summed E-state index contributed by atoms with van der Waals surface area (Å²) in [6.07, 6.45) is 2.61. The molecule has 3 heteroatoms. The molecule has 0 amide bonds. The van der Waals surface area contributed by atoms with E-state index in [0.717, 1.165) is 24.5 Å². The number of hydrogen-bond donors (Lipinski definition) is 2. The first-order valence-electron chi connectivity index (χ1n) is 7.65. The molecule has 0 radical (unpaired) electrons. The number of hydrogen-bond acceptors (Lipinski definition) is 3. The van der Waals surface area contributed by atoms with Gasteiger partial charge < -0.3 is 15.8 Å². The monoisotopic (exact) mass is 276 g/mol. The molecule has 2 rings (SSSR count). The van der Waals surface area contributed by atoms with Crippen molar-refractivity contribution in [2.45, 2.75) is 52.1 Å². The minimum Gasteiger partial charge on any atom is -0.490 e. The first-order valence-corrected chi connectivity index (χ1v) is 7.65. The van der Waals surface area contributed by atoms with Crippen molar-refractivity contribution in [3.8, 4) is 5.75 Å². The molecule has 1 atom stereocenters. The van der Waals surface area contributed by atoms with E-state index in [9.17, 15) is 0 Å². The fraction of sp³-hybridized carbons (Fsp3) is 0.647. The molecule has 0 aromatic heterocycles. The van der Waals surface area contributed by atoms with Gasteiger partial charge in [0.1, 0.15) is 5.75 Å². The third kappa shape index (κ3) is 3.66. The summed E-state index contributed by atoms with van der Waals surface area (Å²) >= 11 is 0. The molecule has 1 aromatic rings. The van der Waals surface area contributed by atoms with Crippen molar-refractivity contribution < 1.29 is 4.74 Å². The van der Waals surface area contributed by atoms with E-state index in [-0.39, 0.29) is 11.5 Å². The lowest BCUT2D eigenvalue weighted by Crippen LogP contribution is -2.35. The maximum Gasteiger partial charge on any atom is 0.125 e. The van der Waals surface area contributed by atoms with Crippen LogP contribution in [0.15, 0.2) is 18.2 Å². The second kappa shape index (κ2) is 6.04. The van der Waals surface area contributed by atoms with Crippen molar-refractivity contribution in [3.05, 3.63) is 23.8 Å². The quantitative estimate of drug-likeness (QED) is 0.832. The minimum absolute atomic E-state index is 0.0663. The Morgan fingerprint density at radius 3 is 2.50 bits per heavy atom. The molecule has 0 spiro atoms. The minimum atomic E-state index is 0.0663. The Balaban J connectivity index is 2.17. The molecule has 3 N–H and O–H groups in total. The van der Waals surface area contributed by atoms with Crippen LogP contribution in [0.1, 0.15) is 46.1 Å². The van der Waals surface area contributed by atoms with Crippen LogP contribution in [-0.4, -0.2) is 19.2 Å². The van der Waals surface area contributed by atoms with Crippen molar-refractivity contribution in [1.29, 1.82) is 0 Å². The Labute approximate surface area is 122 Å². The van der Waals surface area contributed by atoms with Crippen molar-refractivity contribution in [1.82, 2.24) is 5.32 Å². The third-order valence-corrected chi connectivity index (χ3v) is 4.17. The molecule has 1 aromatic carbocycles. The van der Waals surface area contributed by atoms with Crippen LogP contribution in [0.25, 0.3) is 0 Å². The zero-order valence-electron chi connectivity index (χ0n) is 13.2. The molecule has 0 aliphatic carbocycles. The molecule has 3 nitrogen and oxygen atoms in total. The summed E-state index contributed by atoms with van der Waals surface area (Å²) < 4.78 is 6.28. The van der Waals surface area contributed by atoms with E-state index < -0.39 is 0 Å². The van der Waals surface area contributed by atoms with Crippen LogP contribution in [0.2, 0.25) is 0 Å². The topological polar surface area (TPSA) is 47.3 Å². The van der Waals surface area contributed by atoms with Gasteiger partial charge >= 0.3 is 0 Å². The van der Waals surface area contributed by atoms with Gasteiger partial charge in [0.2, 0.25) is 0 Å². The van der Waals surface area contributed by atoms with E-state index in [1.165, 1.54) is 18.4 Å². The predicted octanol–water partition coefficient (Wildman–Crippen LogP) is 3.33. The van der Waals surface area contributed by atoms with E-state index in [1.54, 1.807) is 0 Å². The van der Waals surface area contributed by atoms with Gasteiger partial charge in [-0.25, -0.2) is 0 Å². The number of anilines is 1. The number of rotatable bonds is 3. The molecular formula is C17H28N2O. The summed E-state index contributed by atoms with van der Waals surface area (Å²) in [5.41, 5.74) is 8.00. The lowest BCUT2D eigenvalue weighted by atomic mass is 9.86. The van der Waals surface area contributed by atoms with Crippen LogP contribution in [0.4, 0.5) is 5.69 Å². The van der Waals surface area contributed by atoms with Gasteiger partial charge in [-0.3, -0.25) is 0 Å². The fourth-order valence-corrected chi connectivity index (χ4v) is 2.87. The van der Waals surface area contributed by atoms with Crippen LogP contribution in [0, 0.1) is 5.92 Å². The lowest BCUT2D eigenvalue weighted by Gasteiger charge is -2.31. The molecule has 0 saturated carbocycles. The van der Waals surface area contributed by atoms with Gasteiger partial charge in [-0.1, -0.05) is 26.8 Å². The van der Waals surface area contributed by atoms with Crippen LogP contribution >= 0.6 is 0 Å². The average molecular weight is 276 g/mol. The van der Waals surface area contributed by atoms with Crippen LogP contribution in [-0.2, 0) is 5.41 Å². The zero-order chi connectivity index (χ0) is 14.8. The van der Waals surface area contributed by atoms with Gasteiger partial charge in [-0.2, -0.15) is 0 Å². The molecule has 1 saturated heterocycles. The molecule has 1 aliphatic rings. The molecule has 112 valence electrons. The van der Waals surface area contributed by atoms with E-state index in [0.29, 0.717) is 5.92 Å². The predicted molar refractivity (Wildman–Crippen MR) is 85.2 cm³/mol. The summed E-state index contributed by atoms with van der Waals surface area (Å²) in [6, 6.07) is 6.03. The van der Waals surface area contributed by atoms with Crippen LogP contribution < -0.4 is 15.8 Å². The Morgan fingerprint density at radius 2 is 1.90 bits per heavy atom. The average Bonchev–Trinajstić information content (AvgIpc) is 2.38. The van der Waals surface area contributed by atoms with Gasteiger partial charge in [-0.05, 0) is 55.8 Å². The normalized spacial score (nSPS) is 18.8. The van der Waals surface area contributed by atoms with E-state index in [2.05, 4.69) is 39.1 Å². The van der Waals surface area contributed by atoms with Crippen molar-refractivity contribution >= 4 is 5.69 Å². The standard InChI is InChI=1S/C17H28N2O/c1-12(13-7-9-19-10-8-13)20-16-11-14(18)5-6-15(16)17(2,3)4/h5-6,11-13,19H,7-10,18H2,1-4H3. The molecule has 1 fully saturated rings. The summed E-state index contributed by atoms with van der Waals surface area (Å²) in [7, 11) is 0. The maximum absolute atomic E-state index is 6.28. The molecule has 1 aliphatic heterocycles. The Bertz CT molecular complexity index is 445. The van der Waals surface area contributed by atoms with E-state index in [4.69, 9.17) is 10.5 Å². The highest BCUT2D eigenvalue weighted by Gasteiger charge is 2.24. The van der Waals surface area contributed by atoms with Crippen molar-refractivity contribution in [3.63, 3.8) is 0 Å². The Morgan fingerprint density at radius 1 is 1.25 bits per heavy atom. The first-order chi connectivity index (χ1) is 9.38. The number of nitrogens with two attached hydrogens (primary N) is 1. The molecule has 1 heterocycles. The van der Waals surface area contributed by atoms with Gasteiger partial charge in [0.25, 0.3) is 0 Å². The highest BCUT2D eigenvalue weighted by Crippen LogP contribution is 2.34. The smallest absolute Gasteiger partial charge is 0.125 e. The summed E-state index contributed by atoms with van der Waals surface area (Å²) in [4.78, 5) is 0. The van der Waals surface area contributed by atoms with E-state index in [1.807, 2.05) is 12.1 Å². The molecule has 1 unspecified atom stereocenters. The summed E-state index contributed by atoms with van der Waals surface area (Å²) in [5.74, 6) is 1.58. The lowest BCUT2D eigenvalue weighted by molar-refractivity contribution is 0.126. The molecular weight excluding hydrogens is 248 g/mol. The number of piperidine rings is 1. The van der Waals surface area contributed by atoms with Gasteiger partial charge in [0.15, 0.2) is 0 Å². The molecule has 20 heavy (non-hydrogen) atoms.